The highest BCUT2D eigenvalue weighted by molar-refractivity contribution is 6.06. The van der Waals surface area contributed by atoms with Crippen LogP contribution in [0.3, 0.4) is 0 Å². The van der Waals surface area contributed by atoms with Gasteiger partial charge in [0.1, 0.15) is 11.6 Å². The second-order valence-corrected chi connectivity index (χ2v) is 7.22. The Labute approximate surface area is 167 Å². The number of rotatable bonds is 6. The third kappa shape index (κ3) is 3.85. The number of nitrogens with zero attached hydrogens (tertiary/aromatic N) is 2. The van der Waals surface area contributed by atoms with Crippen molar-refractivity contribution in [3.63, 3.8) is 0 Å². The first-order valence-corrected chi connectivity index (χ1v) is 9.51. The average Bonchev–Trinajstić information content (AvgIpc) is 3.49. The summed E-state index contributed by atoms with van der Waals surface area (Å²) in [4.78, 5) is 28.4. The van der Waals surface area contributed by atoms with Gasteiger partial charge in [0.25, 0.3) is 0 Å². The number of hydrogen-bond donors (Lipinski definition) is 0. The van der Waals surface area contributed by atoms with E-state index in [0.29, 0.717) is 34.7 Å². The molecule has 1 fully saturated rings. The van der Waals surface area contributed by atoms with Gasteiger partial charge in [-0.1, -0.05) is 0 Å². The first-order valence-electron chi connectivity index (χ1n) is 9.51. The summed E-state index contributed by atoms with van der Waals surface area (Å²) < 4.78 is 25.8. The Morgan fingerprint density at radius 3 is 2.72 bits per heavy atom. The van der Waals surface area contributed by atoms with Crippen LogP contribution in [0.15, 0.2) is 36.7 Å². The van der Waals surface area contributed by atoms with Crippen LogP contribution in [0, 0.1) is 12.7 Å². The number of pyridine rings is 1. The third-order valence-corrected chi connectivity index (χ3v) is 5.13. The average molecular weight is 396 g/mol. The number of aromatic nitrogens is 2. The minimum absolute atomic E-state index is 0.0924. The number of ether oxygens (including phenoxy) is 2. The van der Waals surface area contributed by atoms with Crippen LogP contribution in [0.25, 0.3) is 10.9 Å². The van der Waals surface area contributed by atoms with Crippen molar-refractivity contribution in [1.29, 1.82) is 0 Å². The van der Waals surface area contributed by atoms with Crippen molar-refractivity contribution in [2.75, 3.05) is 7.11 Å². The predicted molar refractivity (Wildman–Crippen MR) is 104 cm³/mol. The Morgan fingerprint density at radius 2 is 2.03 bits per heavy atom. The zero-order valence-electron chi connectivity index (χ0n) is 16.3. The fourth-order valence-corrected chi connectivity index (χ4v) is 3.67. The number of fused-ring (bicyclic) bond motifs is 1. The Morgan fingerprint density at radius 1 is 1.24 bits per heavy atom. The van der Waals surface area contributed by atoms with Crippen LogP contribution in [-0.4, -0.2) is 28.6 Å². The fourth-order valence-electron chi connectivity index (χ4n) is 3.67. The lowest BCUT2D eigenvalue weighted by Gasteiger charge is -2.07. The zero-order valence-corrected chi connectivity index (χ0v) is 16.3. The van der Waals surface area contributed by atoms with E-state index in [0.717, 1.165) is 30.2 Å². The van der Waals surface area contributed by atoms with Crippen LogP contribution < -0.4 is 4.74 Å². The number of benzene rings is 1. The molecular weight excluding hydrogens is 375 g/mol. The van der Waals surface area contributed by atoms with Gasteiger partial charge in [-0.2, -0.15) is 0 Å². The molecule has 3 aromatic rings. The van der Waals surface area contributed by atoms with E-state index in [1.807, 2.05) is 13.0 Å². The molecule has 0 radical (unpaired) electrons. The number of hydrogen-bond acceptors (Lipinski definition) is 5. The molecule has 0 amide bonds. The molecule has 150 valence electrons. The second kappa shape index (κ2) is 7.66. The molecule has 7 heteroatoms. The van der Waals surface area contributed by atoms with Gasteiger partial charge in [-0.3, -0.25) is 9.78 Å². The topological polar surface area (TPSA) is 70.4 Å². The number of methoxy groups -OCH3 is 1. The Bertz CT molecular complexity index is 1100. The van der Waals surface area contributed by atoms with Crippen LogP contribution in [-0.2, 0) is 16.0 Å². The molecule has 29 heavy (non-hydrogen) atoms. The van der Waals surface area contributed by atoms with Crippen LogP contribution in [0.5, 0.6) is 5.75 Å². The maximum Gasteiger partial charge on any atom is 0.340 e. The molecule has 0 N–H and O–H groups in total. The molecule has 1 aliphatic carbocycles. The van der Waals surface area contributed by atoms with Crippen molar-refractivity contribution in [2.24, 2.45) is 0 Å². The SMILES string of the molecule is COC(=O)c1c(C)n(C2CC2)c2ccc(OC(=O)CCc3cncc(F)c3)cc12. The largest absolute Gasteiger partial charge is 0.465 e. The lowest BCUT2D eigenvalue weighted by atomic mass is 10.1. The monoisotopic (exact) mass is 396 g/mol. The van der Waals surface area contributed by atoms with Gasteiger partial charge in [0.05, 0.1) is 25.3 Å². The van der Waals surface area contributed by atoms with Gasteiger partial charge in [0.2, 0.25) is 0 Å². The summed E-state index contributed by atoms with van der Waals surface area (Å²) in [6.07, 6.45) is 5.22. The highest BCUT2D eigenvalue weighted by atomic mass is 19.1. The smallest absolute Gasteiger partial charge is 0.340 e. The Hall–Kier alpha value is -3.22. The van der Waals surface area contributed by atoms with Crippen molar-refractivity contribution < 1.29 is 23.5 Å². The molecule has 6 nitrogen and oxygen atoms in total. The minimum atomic E-state index is -0.438. The molecule has 0 aliphatic heterocycles. The van der Waals surface area contributed by atoms with Crippen molar-refractivity contribution in [3.8, 4) is 5.75 Å². The molecule has 4 rings (SSSR count). The first kappa shape index (κ1) is 19.1. The quantitative estimate of drug-likeness (QED) is 0.463. The molecule has 0 unspecified atom stereocenters. The van der Waals surface area contributed by atoms with Gasteiger partial charge in [0, 0.05) is 28.8 Å². The molecule has 1 saturated carbocycles. The number of halogens is 1. The number of carbonyl (C=O) groups is 2. The van der Waals surface area contributed by atoms with E-state index in [9.17, 15) is 14.0 Å². The van der Waals surface area contributed by atoms with E-state index >= 15 is 0 Å². The van der Waals surface area contributed by atoms with Crippen LogP contribution in [0.1, 0.15) is 46.9 Å². The summed E-state index contributed by atoms with van der Waals surface area (Å²) in [7, 11) is 1.35. The van der Waals surface area contributed by atoms with E-state index in [1.54, 1.807) is 12.1 Å². The van der Waals surface area contributed by atoms with E-state index in [1.165, 1.54) is 19.4 Å². The van der Waals surface area contributed by atoms with Crippen molar-refractivity contribution >= 4 is 22.8 Å². The van der Waals surface area contributed by atoms with Gasteiger partial charge < -0.3 is 14.0 Å². The lowest BCUT2D eigenvalue weighted by Crippen LogP contribution is -2.09. The van der Waals surface area contributed by atoms with Crippen LogP contribution >= 0.6 is 0 Å². The van der Waals surface area contributed by atoms with Crippen molar-refractivity contribution in [1.82, 2.24) is 9.55 Å². The van der Waals surface area contributed by atoms with E-state index in [-0.39, 0.29) is 6.42 Å². The summed E-state index contributed by atoms with van der Waals surface area (Å²) >= 11 is 0. The number of esters is 2. The fraction of sp³-hybridized carbons (Fsp3) is 0.318. The summed E-state index contributed by atoms with van der Waals surface area (Å²) in [5, 5.41) is 0.709. The molecule has 0 spiro atoms. The maximum atomic E-state index is 13.2. The van der Waals surface area contributed by atoms with Gasteiger partial charge in [-0.25, -0.2) is 9.18 Å². The lowest BCUT2D eigenvalue weighted by molar-refractivity contribution is -0.134. The molecule has 0 atom stereocenters. The highest BCUT2D eigenvalue weighted by Crippen LogP contribution is 2.42. The standard InChI is InChI=1S/C22H21FN2O4/c1-13-21(22(27)28-2)18-10-17(6-7-19(18)25(13)16-4-5-16)29-20(26)8-3-14-9-15(23)12-24-11-14/h6-7,9-12,16H,3-5,8H2,1-2H3. The second-order valence-electron chi connectivity index (χ2n) is 7.22. The molecule has 2 aromatic heterocycles. The van der Waals surface area contributed by atoms with Crippen LogP contribution in [0.4, 0.5) is 4.39 Å². The Balaban J connectivity index is 1.56. The number of carbonyl (C=O) groups excluding carboxylic acids is 2. The third-order valence-electron chi connectivity index (χ3n) is 5.13. The summed E-state index contributed by atoms with van der Waals surface area (Å²) in [5.74, 6) is -0.925. The van der Waals surface area contributed by atoms with Crippen LogP contribution in [0.2, 0.25) is 0 Å². The number of aryl methyl sites for hydroxylation is 1. The predicted octanol–water partition coefficient (Wildman–Crippen LogP) is 4.14. The molecule has 1 aromatic carbocycles. The Kier molecular flexibility index (Phi) is 5.05. The zero-order chi connectivity index (χ0) is 20.5. The van der Waals surface area contributed by atoms with E-state index in [4.69, 9.17) is 9.47 Å². The van der Waals surface area contributed by atoms with Gasteiger partial charge >= 0.3 is 11.9 Å². The summed E-state index contributed by atoms with van der Waals surface area (Å²) in [6, 6.07) is 7.03. The minimum Gasteiger partial charge on any atom is -0.465 e. The molecule has 1 aliphatic rings. The molecule has 0 saturated heterocycles. The van der Waals surface area contributed by atoms with Crippen molar-refractivity contribution in [3.05, 3.63) is 59.3 Å². The summed E-state index contributed by atoms with van der Waals surface area (Å²) in [5.41, 5.74) is 2.91. The van der Waals surface area contributed by atoms with Gasteiger partial charge in [-0.15, -0.1) is 0 Å². The van der Waals surface area contributed by atoms with E-state index in [2.05, 4.69) is 9.55 Å². The van der Waals surface area contributed by atoms with Gasteiger partial charge in [-0.05, 0) is 56.0 Å². The van der Waals surface area contributed by atoms with Crippen molar-refractivity contribution in [2.45, 2.75) is 38.6 Å². The summed E-state index contributed by atoms with van der Waals surface area (Å²) in [6.45, 7) is 1.91. The molecular formula is C22H21FN2O4. The van der Waals surface area contributed by atoms with Gasteiger partial charge in [0.15, 0.2) is 0 Å². The van der Waals surface area contributed by atoms with E-state index < -0.39 is 17.8 Å². The maximum absolute atomic E-state index is 13.2. The first-order chi connectivity index (χ1) is 14.0. The molecule has 2 heterocycles. The normalized spacial score (nSPS) is 13.5. The molecule has 0 bridgehead atoms. The highest BCUT2D eigenvalue weighted by Gasteiger charge is 2.30.